The average molecular weight is 392 g/mol. The first kappa shape index (κ1) is 15.9. The topological polar surface area (TPSA) is 59.2 Å². The number of thiophene rings is 1. The lowest BCUT2D eigenvalue weighted by atomic mass is 10.2. The summed E-state index contributed by atoms with van der Waals surface area (Å²) >= 11 is 4.96. The van der Waals surface area contributed by atoms with E-state index >= 15 is 0 Å². The molecular formula is C16H14BrN3O2S. The summed E-state index contributed by atoms with van der Waals surface area (Å²) in [6, 6.07) is 11.2. The molecule has 0 atom stereocenters. The third-order valence-corrected chi connectivity index (χ3v) is 4.87. The molecule has 0 aliphatic carbocycles. The van der Waals surface area contributed by atoms with Crippen LogP contribution in [0.25, 0.3) is 10.7 Å². The van der Waals surface area contributed by atoms with Gasteiger partial charge in [-0.15, -0.1) is 11.3 Å². The van der Waals surface area contributed by atoms with Crippen LogP contribution in [0, 0.1) is 0 Å². The van der Waals surface area contributed by atoms with Gasteiger partial charge in [0.05, 0.1) is 10.4 Å². The van der Waals surface area contributed by atoms with Crippen LogP contribution in [-0.2, 0) is 6.54 Å². The molecule has 0 fully saturated rings. The second-order valence-electron chi connectivity index (χ2n) is 4.79. The summed E-state index contributed by atoms with van der Waals surface area (Å²) in [6.45, 7) is 2.76. The number of halogens is 1. The summed E-state index contributed by atoms with van der Waals surface area (Å²) in [5, 5.41) is 5.93. The molecule has 3 rings (SSSR count). The Hall–Kier alpha value is -1.99. The van der Waals surface area contributed by atoms with Crippen LogP contribution in [0.4, 0.5) is 0 Å². The zero-order valence-corrected chi connectivity index (χ0v) is 14.8. The zero-order chi connectivity index (χ0) is 16.2. The molecule has 0 radical (unpaired) electrons. The van der Waals surface area contributed by atoms with Gasteiger partial charge in [0, 0.05) is 11.0 Å². The molecule has 118 valence electrons. The maximum atomic E-state index is 12.6. The number of amides is 1. The van der Waals surface area contributed by atoms with E-state index in [2.05, 4.69) is 26.1 Å². The van der Waals surface area contributed by atoms with Gasteiger partial charge in [-0.25, -0.2) is 0 Å². The lowest BCUT2D eigenvalue weighted by Crippen LogP contribution is -2.30. The number of carbonyl (C=O) groups excluding carboxylic acids is 1. The Kier molecular flexibility index (Phi) is 4.88. The largest absolute Gasteiger partial charge is 0.337 e. The summed E-state index contributed by atoms with van der Waals surface area (Å²) in [5.41, 5.74) is 0.618. The third kappa shape index (κ3) is 3.51. The number of carbonyl (C=O) groups is 1. The fourth-order valence-corrected chi connectivity index (χ4v) is 3.22. The van der Waals surface area contributed by atoms with Crippen LogP contribution in [0.15, 0.2) is 50.8 Å². The van der Waals surface area contributed by atoms with Gasteiger partial charge in [-0.3, -0.25) is 4.79 Å². The first-order chi connectivity index (χ1) is 11.2. The Morgan fingerprint density at radius 2 is 2.13 bits per heavy atom. The van der Waals surface area contributed by atoms with Crippen molar-refractivity contribution in [3.8, 4) is 10.7 Å². The Morgan fingerprint density at radius 3 is 2.83 bits per heavy atom. The molecular weight excluding hydrogens is 378 g/mol. The van der Waals surface area contributed by atoms with E-state index in [9.17, 15) is 4.79 Å². The molecule has 3 aromatic rings. The number of hydrogen-bond donors (Lipinski definition) is 0. The van der Waals surface area contributed by atoms with Crippen LogP contribution in [0.1, 0.15) is 23.2 Å². The number of hydrogen-bond acceptors (Lipinski definition) is 5. The second kappa shape index (κ2) is 7.06. The first-order valence-electron chi connectivity index (χ1n) is 7.09. The number of aromatic nitrogens is 2. The van der Waals surface area contributed by atoms with Crippen LogP contribution in [-0.4, -0.2) is 27.5 Å². The lowest BCUT2D eigenvalue weighted by Gasteiger charge is -2.19. The van der Waals surface area contributed by atoms with Crippen LogP contribution in [0.5, 0.6) is 0 Å². The molecule has 23 heavy (non-hydrogen) atoms. The van der Waals surface area contributed by atoms with Crippen molar-refractivity contribution in [3.63, 3.8) is 0 Å². The van der Waals surface area contributed by atoms with Gasteiger partial charge in [0.15, 0.2) is 0 Å². The second-order valence-corrected chi connectivity index (χ2v) is 6.59. The summed E-state index contributed by atoms with van der Waals surface area (Å²) in [5.74, 6) is 0.908. The van der Waals surface area contributed by atoms with Crippen molar-refractivity contribution in [1.82, 2.24) is 15.0 Å². The molecule has 2 heterocycles. The summed E-state index contributed by atoms with van der Waals surface area (Å²) in [4.78, 5) is 19.6. The highest BCUT2D eigenvalue weighted by atomic mass is 79.9. The van der Waals surface area contributed by atoms with E-state index in [0.717, 1.165) is 9.35 Å². The van der Waals surface area contributed by atoms with Crippen molar-refractivity contribution < 1.29 is 9.32 Å². The predicted molar refractivity (Wildman–Crippen MR) is 92.2 cm³/mol. The van der Waals surface area contributed by atoms with Crippen LogP contribution in [0.3, 0.4) is 0 Å². The van der Waals surface area contributed by atoms with Gasteiger partial charge in [0.25, 0.3) is 5.91 Å². The summed E-state index contributed by atoms with van der Waals surface area (Å²) in [7, 11) is 0. The maximum Gasteiger partial charge on any atom is 0.255 e. The molecule has 0 spiro atoms. The SMILES string of the molecule is CCN(Cc1nc(-c2cccs2)no1)C(=O)c1ccccc1Br. The van der Waals surface area contributed by atoms with Gasteiger partial charge in [0.2, 0.25) is 11.7 Å². The Morgan fingerprint density at radius 1 is 1.30 bits per heavy atom. The van der Waals surface area contributed by atoms with Crippen molar-refractivity contribution >= 4 is 33.2 Å². The monoisotopic (exact) mass is 391 g/mol. The molecule has 1 aromatic carbocycles. The quantitative estimate of drug-likeness (QED) is 0.652. The van der Waals surface area contributed by atoms with Gasteiger partial charge in [-0.1, -0.05) is 23.4 Å². The molecule has 0 aliphatic rings. The fourth-order valence-electron chi connectivity index (χ4n) is 2.12. The first-order valence-corrected chi connectivity index (χ1v) is 8.76. The third-order valence-electron chi connectivity index (χ3n) is 3.31. The van der Waals surface area contributed by atoms with Gasteiger partial charge in [-0.2, -0.15) is 4.98 Å². The molecule has 2 aromatic heterocycles. The molecule has 0 saturated carbocycles. The van der Waals surface area contributed by atoms with Gasteiger partial charge in [-0.05, 0) is 46.4 Å². The highest BCUT2D eigenvalue weighted by Gasteiger charge is 2.20. The molecule has 0 unspecified atom stereocenters. The van der Waals surface area contributed by atoms with Crippen molar-refractivity contribution in [2.75, 3.05) is 6.54 Å². The number of rotatable bonds is 5. The van der Waals surface area contributed by atoms with Crippen molar-refractivity contribution in [2.24, 2.45) is 0 Å². The maximum absolute atomic E-state index is 12.6. The Balaban J connectivity index is 1.77. The van der Waals surface area contributed by atoms with Crippen molar-refractivity contribution in [3.05, 3.63) is 57.7 Å². The standard InChI is InChI=1S/C16H14BrN3O2S/c1-2-20(16(21)11-6-3-4-7-12(11)17)10-14-18-15(19-22-14)13-8-5-9-23-13/h3-9H,2,10H2,1H3. The summed E-state index contributed by atoms with van der Waals surface area (Å²) in [6.07, 6.45) is 0. The van der Waals surface area contributed by atoms with Gasteiger partial charge < -0.3 is 9.42 Å². The molecule has 1 amide bonds. The Bertz CT molecular complexity index is 801. The van der Waals surface area contributed by atoms with Crippen LogP contribution in [0.2, 0.25) is 0 Å². The number of benzene rings is 1. The van der Waals surface area contributed by atoms with E-state index in [-0.39, 0.29) is 12.5 Å². The van der Waals surface area contributed by atoms with E-state index in [1.54, 1.807) is 22.3 Å². The van der Waals surface area contributed by atoms with Gasteiger partial charge >= 0.3 is 0 Å². The number of nitrogens with zero attached hydrogens (tertiary/aromatic N) is 3. The van der Waals surface area contributed by atoms with E-state index in [4.69, 9.17) is 4.52 Å². The van der Waals surface area contributed by atoms with E-state index in [0.29, 0.717) is 23.8 Å². The van der Waals surface area contributed by atoms with Gasteiger partial charge in [0.1, 0.15) is 6.54 Å². The fraction of sp³-hybridized carbons (Fsp3) is 0.188. The zero-order valence-electron chi connectivity index (χ0n) is 12.4. The van der Waals surface area contributed by atoms with Crippen LogP contribution >= 0.6 is 27.3 Å². The Labute approximate surface area is 146 Å². The minimum absolute atomic E-state index is 0.0733. The van der Waals surface area contributed by atoms with Crippen molar-refractivity contribution in [2.45, 2.75) is 13.5 Å². The van der Waals surface area contributed by atoms with E-state index < -0.39 is 0 Å². The molecule has 5 nitrogen and oxygen atoms in total. The highest BCUT2D eigenvalue weighted by molar-refractivity contribution is 9.10. The smallest absolute Gasteiger partial charge is 0.255 e. The van der Waals surface area contributed by atoms with Crippen molar-refractivity contribution in [1.29, 1.82) is 0 Å². The molecule has 0 aliphatic heterocycles. The molecule has 7 heteroatoms. The summed E-state index contributed by atoms with van der Waals surface area (Å²) < 4.78 is 6.05. The minimum Gasteiger partial charge on any atom is -0.337 e. The lowest BCUT2D eigenvalue weighted by molar-refractivity contribution is 0.0733. The van der Waals surface area contributed by atoms with Crippen LogP contribution < -0.4 is 0 Å². The van der Waals surface area contributed by atoms with E-state index in [1.165, 1.54) is 0 Å². The molecule has 0 N–H and O–H groups in total. The average Bonchev–Trinajstić information content (AvgIpc) is 3.23. The molecule has 0 saturated heterocycles. The molecule has 0 bridgehead atoms. The highest BCUT2D eigenvalue weighted by Crippen LogP contribution is 2.22. The minimum atomic E-state index is -0.0733. The normalized spacial score (nSPS) is 10.7. The predicted octanol–water partition coefficient (Wildman–Crippen LogP) is 4.22. The van der Waals surface area contributed by atoms with E-state index in [1.807, 2.05) is 42.6 Å².